The van der Waals surface area contributed by atoms with Crippen molar-refractivity contribution < 1.29 is 19.0 Å². The fraction of sp³-hybridized carbons (Fsp3) is 0.621. The van der Waals surface area contributed by atoms with Crippen molar-refractivity contribution in [3.8, 4) is 11.5 Å². The summed E-state index contributed by atoms with van der Waals surface area (Å²) in [7, 11) is 3.38. The van der Waals surface area contributed by atoms with Crippen LogP contribution in [-0.2, 0) is 14.9 Å². The number of ether oxygens (including phenoxy) is 3. The molecule has 8 atom stereocenters. The van der Waals surface area contributed by atoms with Crippen molar-refractivity contribution in [1.82, 2.24) is 20.8 Å². The summed E-state index contributed by atoms with van der Waals surface area (Å²) in [5, 5.41) is 6.78. The molecule has 1 aromatic heterocycles. The minimum Gasteiger partial charge on any atom is -0.497 e. The van der Waals surface area contributed by atoms with E-state index >= 15 is 0 Å². The second kappa shape index (κ2) is 9.19. The molecule has 5 fully saturated rings. The number of nitrogens with zero attached hydrogens (tertiary/aromatic N) is 3. The van der Waals surface area contributed by atoms with E-state index in [1.54, 1.807) is 20.5 Å². The summed E-state index contributed by atoms with van der Waals surface area (Å²) in [6.45, 7) is 1.46. The summed E-state index contributed by atoms with van der Waals surface area (Å²) in [6, 6.07) is 6.94. The maximum Gasteiger partial charge on any atom is 0.235 e. The zero-order valence-electron chi connectivity index (χ0n) is 23.0. The van der Waals surface area contributed by atoms with Gasteiger partial charge in [0, 0.05) is 17.6 Å². The molecule has 4 aliphatic heterocycles. The Morgan fingerprint density at radius 1 is 1.07 bits per heavy atom. The van der Waals surface area contributed by atoms with Gasteiger partial charge in [0.25, 0.3) is 0 Å². The Bertz CT molecular complexity index is 1330. The van der Waals surface area contributed by atoms with Gasteiger partial charge < -0.3 is 29.7 Å². The van der Waals surface area contributed by atoms with Crippen LogP contribution < -0.4 is 35.9 Å². The van der Waals surface area contributed by atoms with Crippen molar-refractivity contribution in [2.75, 3.05) is 43.0 Å². The average Bonchev–Trinajstić information content (AvgIpc) is 3.43. The highest BCUT2D eigenvalue weighted by molar-refractivity contribution is 6.09. The molecule has 1 amide bonds. The maximum absolute atomic E-state index is 13.2. The molecular formula is C29H37N7O4. The Balaban J connectivity index is 0.972. The molecule has 2 saturated carbocycles. The predicted molar refractivity (Wildman–Crippen MR) is 148 cm³/mol. The van der Waals surface area contributed by atoms with Crippen LogP contribution in [-0.4, -0.2) is 67.6 Å². The van der Waals surface area contributed by atoms with E-state index in [0.29, 0.717) is 41.6 Å². The second-order valence-electron chi connectivity index (χ2n) is 12.3. The number of hydrogen-bond acceptors (Lipinski definition) is 10. The Hall–Kier alpha value is -3.15. The smallest absolute Gasteiger partial charge is 0.235 e. The van der Waals surface area contributed by atoms with Crippen molar-refractivity contribution in [3.05, 3.63) is 30.1 Å². The normalized spacial score (nSPS) is 37.2. The lowest BCUT2D eigenvalue weighted by Gasteiger charge is -2.36. The first kappa shape index (κ1) is 24.6. The molecule has 2 bridgehead atoms. The van der Waals surface area contributed by atoms with Gasteiger partial charge in [-0.2, -0.15) is 0 Å². The number of nitrogens with one attached hydrogen (secondary N) is 4. The number of fused-ring (bicyclic) bond motifs is 5. The number of methoxy groups -OCH3 is 2. The van der Waals surface area contributed by atoms with Crippen LogP contribution in [0.25, 0.3) is 0 Å². The summed E-state index contributed by atoms with van der Waals surface area (Å²) in [6.07, 6.45) is 8.02. The first-order chi connectivity index (χ1) is 19.6. The summed E-state index contributed by atoms with van der Waals surface area (Å²) in [5.41, 5.74) is 8.72. The molecule has 1 spiro atoms. The fourth-order valence-electron chi connectivity index (χ4n) is 8.48. The Labute approximate surface area is 233 Å². The molecule has 0 radical (unpaired) electrons. The van der Waals surface area contributed by atoms with Crippen molar-refractivity contribution in [3.63, 3.8) is 0 Å². The minimum atomic E-state index is -0.394. The van der Waals surface area contributed by atoms with Gasteiger partial charge in [0.2, 0.25) is 11.7 Å². The van der Waals surface area contributed by atoms with Crippen LogP contribution in [0, 0.1) is 17.8 Å². The number of carbonyl (C=O) groups is 1. The molecule has 2 aliphatic carbocycles. The first-order valence-electron chi connectivity index (χ1n) is 14.6. The van der Waals surface area contributed by atoms with E-state index in [1.165, 1.54) is 0 Å². The van der Waals surface area contributed by atoms with Gasteiger partial charge in [-0.3, -0.25) is 10.2 Å². The zero-order chi connectivity index (χ0) is 27.0. The molecule has 11 nitrogen and oxygen atoms in total. The number of hydrazine groups is 1. The van der Waals surface area contributed by atoms with Gasteiger partial charge in [0.05, 0.1) is 51.1 Å². The third-order valence-corrected chi connectivity index (χ3v) is 10.5. The van der Waals surface area contributed by atoms with Crippen LogP contribution in [0.2, 0.25) is 0 Å². The van der Waals surface area contributed by atoms with Crippen molar-refractivity contribution >= 4 is 23.2 Å². The average molecular weight is 548 g/mol. The van der Waals surface area contributed by atoms with Gasteiger partial charge in [0.15, 0.2) is 11.6 Å². The van der Waals surface area contributed by atoms with E-state index in [9.17, 15) is 4.79 Å². The zero-order valence-corrected chi connectivity index (χ0v) is 23.0. The third kappa shape index (κ3) is 3.56. The molecular weight excluding hydrogens is 510 g/mol. The number of aromatic nitrogens is 2. The number of anilines is 3. The molecule has 8 rings (SSSR count). The number of morpholine rings is 1. The number of amides is 1. The fourth-order valence-corrected chi connectivity index (χ4v) is 8.48. The molecule has 2 aromatic rings. The lowest BCUT2D eigenvalue weighted by molar-refractivity contribution is -0.118. The highest BCUT2D eigenvalue weighted by Gasteiger charge is 2.67. The quantitative estimate of drug-likeness (QED) is 0.429. The van der Waals surface area contributed by atoms with Gasteiger partial charge in [-0.05, 0) is 74.1 Å². The monoisotopic (exact) mass is 547 g/mol. The van der Waals surface area contributed by atoms with Crippen LogP contribution >= 0.6 is 0 Å². The van der Waals surface area contributed by atoms with Crippen LogP contribution in [0.15, 0.2) is 24.5 Å². The van der Waals surface area contributed by atoms with E-state index in [1.807, 2.05) is 12.1 Å². The topological polar surface area (TPSA) is 122 Å². The van der Waals surface area contributed by atoms with Crippen LogP contribution in [0.4, 0.5) is 17.3 Å². The lowest BCUT2D eigenvalue weighted by Crippen LogP contribution is -2.46. The number of rotatable bonds is 6. The Morgan fingerprint density at radius 2 is 1.93 bits per heavy atom. The Kier molecular flexibility index (Phi) is 5.66. The number of hydrogen-bond donors (Lipinski definition) is 4. The van der Waals surface area contributed by atoms with E-state index in [4.69, 9.17) is 14.2 Å². The van der Waals surface area contributed by atoms with Gasteiger partial charge in [-0.25, -0.2) is 15.4 Å². The largest absolute Gasteiger partial charge is 0.497 e. The predicted octanol–water partition coefficient (Wildman–Crippen LogP) is 2.40. The molecule has 5 heterocycles. The van der Waals surface area contributed by atoms with Crippen LogP contribution in [0.1, 0.15) is 44.1 Å². The van der Waals surface area contributed by atoms with E-state index in [-0.39, 0.29) is 12.1 Å². The third-order valence-electron chi connectivity index (χ3n) is 10.5. The van der Waals surface area contributed by atoms with Crippen molar-refractivity contribution in [2.24, 2.45) is 17.8 Å². The lowest BCUT2D eigenvalue weighted by atomic mass is 9.74. The standard InChI is InChI=1S/C29H37N7O4/c1-38-18-6-8-22-20(10-18)29(28(37)32-22)11-21(29)15-3-7-19-23(9-15)34-35-25(19)33-26-24(39-2)27(31-14-30-26)36-16-4-5-17(36)13-40-12-16/h6,8,10,14-17,19,21,23,25,34-35H,3-5,7,9,11-13H2,1-2H3,(H,32,37)(H,30,31,33)/t15?,16?,17?,19?,21-,23?,25?,29-/m0/s1. The molecule has 40 heavy (non-hydrogen) atoms. The van der Waals surface area contributed by atoms with E-state index < -0.39 is 5.41 Å². The van der Waals surface area contributed by atoms with Crippen molar-refractivity contribution in [1.29, 1.82) is 0 Å². The number of carbonyl (C=O) groups excluding carboxylic acids is 1. The molecule has 6 aliphatic rings. The summed E-state index contributed by atoms with van der Waals surface area (Å²) >= 11 is 0. The highest BCUT2D eigenvalue weighted by atomic mass is 16.5. The molecule has 212 valence electrons. The Morgan fingerprint density at radius 3 is 2.73 bits per heavy atom. The molecule has 3 saturated heterocycles. The summed E-state index contributed by atoms with van der Waals surface area (Å²) in [5.74, 6) is 4.49. The van der Waals surface area contributed by atoms with Crippen LogP contribution in [0.5, 0.6) is 11.5 Å². The minimum absolute atomic E-state index is 0.0249. The van der Waals surface area contributed by atoms with E-state index in [2.05, 4.69) is 42.4 Å². The first-order valence-corrected chi connectivity index (χ1v) is 14.6. The number of benzene rings is 1. The van der Waals surface area contributed by atoms with Gasteiger partial charge >= 0.3 is 0 Å². The van der Waals surface area contributed by atoms with Gasteiger partial charge in [-0.1, -0.05) is 0 Å². The SMILES string of the molecule is COc1ccc2c(c1)[C@]1(C[C@H]1C1CCC3C(C1)NNC3Nc1ncnc(N3C4CCC3COC4)c1OC)C(=O)N2. The van der Waals surface area contributed by atoms with Crippen molar-refractivity contribution in [2.45, 2.75) is 68.2 Å². The highest BCUT2D eigenvalue weighted by Crippen LogP contribution is 2.65. The van der Waals surface area contributed by atoms with Gasteiger partial charge in [-0.15, -0.1) is 0 Å². The van der Waals surface area contributed by atoms with E-state index in [0.717, 1.165) is 80.4 Å². The molecule has 6 unspecified atom stereocenters. The molecule has 1 aromatic carbocycles. The molecule has 11 heteroatoms. The maximum atomic E-state index is 13.2. The molecule has 4 N–H and O–H groups in total. The van der Waals surface area contributed by atoms with Crippen LogP contribution in [0.3, 0.4) is 0 Å². The summed E-state index contributed by atoms with van der Waals surface area (Å²) in [4.78, 5) is 24.8. The van der Waals surface area contributed by atoms with Gasteiger partial charge in [0.1, 0.15) is 12.1 Å². The summed E-state index contributed by atoms with van der Waals surface area (Å²) < 4.78 is 17.2. The second-order valence-corrected chi connectivity index (χ2v) is 12.3.